The SMILES string of the molecule is CC1CCC(O)(C2CCCCN2)C1. The molecule has 2 heteroatoms. The van der Waals surface area contributed by atoms with E-state index in [1.807, 2.05) is 0 Å². The van der Waals surface area contributed by atoms with Crippen LogP contribution in [0.5, 0.6) is 0 Å². The summed E-state index contributed by atoms with van der Waals surface area (Å²) in [5, 5.41) is 13.9. The van der Waals surface area contributed by atoms with Crippen molar-refractivity contribution >= 4 is 0 Å². The second-order valence-corrected chi connectivity index (χ2v) is 4.95. The van der Waals surface area contributed by atoms with E-state index in [-0.39, 0.29) is 5.60 Å². The van der Waals surface area contributed by atoms with E-state index in [2.05, 4.69) is 12.2 Å². The predicted molar refractivity (Wildman–Crippen MR) is 53.6 cm³/mol. The lowest BCUT2D eigenvalue weighted by molar-refractivity contribution is -0.00369. The van der Waals surface area contributed by atoms with Crippen molar-refractivity contribution in [3.63, 3.8) is 0 Å². The minimum absolute atomic E-state index is 0.375. The molecule has 0 radical (unpaired) electrons. The van der Waals surface area contributed by atoms with Gasteiger partial charge in [-0.05, 0) is 44.6 Å². The Kier molecular flexibility index (Phi) is 2.61. The summed E-state index contributed by atoms with van der Waals surface area (Å²) < 4.78 is 0. The third kappa shape index (κ3) is 1.89. The van der Waals surface area contributed by atoms with Gasteiger partial charge in [0.15, 0.2) is 0 Å². The molecule has 1 heterocycles. The van der Waals surface area contributed by atoms with Gasteiger partial charge in [-0.25, -0.2) is 0 Å². The van der Waals surface area contributed by atoms with Gasteiger partial charge < -0.3 is 10.4 Å². The molecule has 13 heavy (non-hydrogen) atoms. The highest BCUT2D eigenvalue weighted by atomic mass is 16.3. The molecule has 0 amide bonds. The van der Waals surface area contributed by atoms with Crippen molar-refractivity contribution in [1.82, 2.24) is 5.32 Å². The molecule has 1 aliphatic carbocycles. The van der Waals surface area contributed by atoms with Crippen molar-refractivity contribution < 1.29 is 5.11 Å². The maximum Gasteiger partial charge on any atom is 0.0802 e. The molecule has 2 aliphatic rings. The summed E-state index contributed by atoms with van der Waals surface area (Å²) in [6, 6.07) is 0.381. The molecule has 0 aromatic heterocycles. The van der Waals surface area contributed by atoms with Crippen LogP contribution in [0.2, 0.25) is 0 Å². The van der Waals surface area contributed by atoms with Crippen molar-refractivity contribution in [2.24, 2.45) is 5.92 Å². The highest BCUT2D eigenvalue weighted by molar-refractivity contribution is 4.98. The number of aliphatic hydroxyl groups is 1. The van der Waals surface area contributed by atoms with Crippen molar-refractivity contribution in [2.45, 2.75) is 57.1 Å². The number of piperidine rings is 1. The van der Waals surface area contributed by atoms with E-state index in [1.54, 1.807) is 0 Å². The first-order valence-corrected chi connectivity index (χ1v) is 5.66. The highest BCUT2D eigenvalue weighted by Gasteiger charge is 2.42. The third-order valence-corrected chi connectivity index (χ3v) is 3.73. The Morgan fingerprint density at radius 1 is 1.31 bits per heavy atom. The first-order chi connectivity index (χ1) is 6.21. The fourth-order valence-electron chi connectivity index (χ4n) is 2.93. The Morgan fingerprint density at radius 2 is 2.15 bits per heavy atom. The minimum Gasteiger partial charge on any atom is -0.388 e. The van der Waals surface area contributed by atoms with E-state index in [4.69, 9.17) is 0 Å². The average molecular weight is 183 g/mol. The molecule has 1 saturated carbocycles. The van der Waals surface area contributed by atoms with Crippen LogP contribution in [0, 0.1) is 5.92 Å². The quantitative estimate of drug-likeness (QED) is 0.648. The molecule has 2 nitrogen and oxygen atoms in total. The largest absolute Gasteiger partial charge is 0.388 e. The van der Waals surface area contributed by atoms with E-state index in [1.165, 1.54) is 25.7 Å². The molecule has 0 aromatic carbocycles. The lowest BCUT2D eigenvalue weighted by atomic mass is 9.86. The molecule has 2 fully saturated rings. The summed E-state index contributed by atoms with van der Waals surface area (Å²) in [4.78, 5) is 0. The Hall–Kier alpha value is -0.0800. The van der Waals surface area contributed by atoms with Crippen LogP contribution in [0.1, 0.15) is 45.4 Å². The van der Waals surface area contributed by atoms with Crippen LogP contribution in [0.25, 0.3) is 0 Å². The monoisotopic (exact) mass is 183 g/mol. The van der Waals surface area contributed by atoms with Gasteiger partial charge in [-0.3, -0.25) is 0 Å². The number of nitrogens with one attached hydrogen (secondary N) is 1. The van der Waals surface area contributed by atoms with E-state index in [0.29, 0.717) is 12.0 Å². The molecule has 0 aromatic rings. The van der Waals surface area contributed by atoms with Gasteiger partial charge in [0, 0.05) is 6.04 Å². The van der Waals surface area contributed by atoms with Crippen LogP contribution in [0.15, 0.2) is 0 Å². The van der Waals surface area contributed by atoms with Crippen LogP contribution in [0.3, 0.4) is 0 Å². The van der Waals surface area contributed by atoms with Crippen LogP contribution in [-0.4, -0.2) is 23.3 Å². The van der Waals surface area contributed by atoms with Gasteiger partial charge in [0.25, 0.3) is 0 Å². The van der Waals surface area contributed by atoms with E-state index in [9.17, 15) is 5.11 Å². The molecule has 0 spiro atoms. The Bertz CT molecular complexity index is 177. The lowest BCUT2D eigenvalue weighted by Crippen LogP contribution is -2.51. The minimum atomic E-state index is -0.375. The fraction of sp³-hybridized carbons (Fsp3) is 1.00. The second-order valence-electron chi connectivity index (χ2n) is 4.95. The molecular weight excluding hydrogens is 162 g/mol. The highest BCUT2D eigenvalue weighted by Crippen LogP contribution is 2.38. The molecule has 1 aliphatic heterocycles. The van der Waals surface area contributed by atoms with Crippen molar-refractivity contribution in [1.29, 1.82) is 0 Å². The normalized spacial score (nSPS) is 46.6. The molecule has 2 rings (SSSR count). The number of hydrogen-bond acceptors (Lipinski definition) is 2. The lowest BCUT2D eigenvalue weighted by Gasteiger charge is -2.36. The Morgan fingerprint density at radius 3 is 2.69 bits per heavy atom. The first-order valence-electron chi connectivity index (χ1n) is 5.66. The van der Waals surface area contributed by atoms with Crippen molar-refractivity contribution in [3.8, 4) is 0 Å². The van der Waals surface area contributed by atoms with E-state index in [0.717, 1.165) is 19.4 Å². The summed E-state index contributed by atoms with van der Waals surface area (Å²) >= 11 is 0. The molecule has 3 unspecified atom stereocenters. The molecule has 3 atom stereocenters. The van der Waals surface area contributed by atoms with E-state index >= 15 is 0 Å². The third-order valence-electron chi connectivity index (χ3n) is 3.73. The predicted octanol–water partition coefficient (Wildman–Crippen LogP) is 1.68. The van der Waals surface area contributed by atoms with Crippen molar-refractivity contribution in [2.75, 3.05) is 6.54 Å². The van der Waals surface area contributed by atoms with Gasteiger partial charge in [0.2, 0.25) is 0 Å². The fourth-order valence-corrected chi connectivity index (χ4v) is 2.93. The molecule has 76 valence electrons. The standard InChI is InChI=1S/C11H21NO/c1-9-5-6-11(13,8-9)10-4-2-3-7-12-10/h9-10,12-13H,2-8H2,1H3. The van der Waals surface area contributed by atoms with Gasteiger partial charge >= 0.3 is 0 Å². The zero-order valence-corrected chi connectivity index (χ0v) is 8.55. The smallest absolute Gasteiger partial charge is 0.0802 e. The summed E-state index contributed by atoms with van der Waals surface area (Å²) in [7, 11) is 0. The first kappa shape index (κ1) is 9.47. The van der Waals surface area contributed by atoms with Gasteiger partial charge in [-0.1, -0.05) is 13.3 Å². The van der Waals surface area contributed by atoms with E-state index < -0.39 is 0 Å². The van der Waals surface area contributed by atoms with Gasteiger partial charge in [-0.2, -0.15) is 0 Å². The molecule has 1 saturated heterocycles. The number of hydrogen-bond donors (Lipinski definition) is 2. The average Bonchev–Trinajstić information content (AvgIpc) is 2.49. The Labute approximate surface area is 80.7 Å². The number of rotatable bonds is 1. The Balaban J connectivity index is 1.97. The van der Waals surface area contributed by atoms with Crippen molar-refractivity contribution in [3.05, 3.63) is 0 Å². The summed E-state index contributed by atoms with van der Waals surface area (Å²) in [5.74, 6) is 0.716. The molecule has 2 N–H and O–H groups in total. The van der Waals surface area contributed by atoms with Crippen LogP contribution < -0.4 is 5.32 Å². The van der Waals surface area contributed by atoms with Gasteiger partial charge in [0.1, 0.15) is 0 Å². The summed E-state index contributed by atoms with van der Waals surface area (Å²) in [6.07, 6.45) is 6.95. The molecule has 0 bridgehead atoms. The molecular formula is C11H21NO. The van der Waals surface area contributed by atoms with Gasteiger partial charge in [-0.15, -0.1) is 0 Å². The summed E-state index contributed by atoms with van der Waals surface area (Å²) in [6.45, 7) is 3.35. The summed E-state index contributed by atoms with van der Waals surface area (Å²) in [5.41, 5.74) is -0.375. The van der Waals surface area contributed by atoms with Crippen LogP contribution in [-0.2, 0) is 0 Å². The van der Waals surface area contributed by atoms with Gasteiger partial charge in [0.05, 0.1) is 5.60 Å². The van der Waals surface area contributed by atoms with Crippen LogP contribution in [0.4, 0.5) is 0 Å². The maximum absolute atomic E-state index is 10.4. The second kappa shape index (κ2) is 3.58. The zero-order valence-electron chi connectivity index (χ0n) is 8.55. The zero-order chi connectivity index (χ0) is 9.31. The maximum atomic E-state index is 10.4. The topological polar surface area (TPSA) is 32.3 Å². The van der Waals surface area contributed by atoms with Crippen LogP contribution >= 0.6 is 0 Å².